The van der Waals surface area contributed by atoms with Gasteiger partial charge < -0.3 is 21.1 Å². The number of benzene rings is 2. The van der Waals surface area contributed by atoms with Crippen LogP contribution in [0.4, 0.5) is 4.39 Å². The third-order valence-electron chi connectivity index (χ3n) is 3.61. The van der Waals surface area contributed by atoms with Gasteiger partial charge in [0.15, 0.2) is 5.96 Å². The summed E-state index contributed by atoms with van der Waals surface area (Å²) in [5.74, 6) is 0.312. The van der Waals surface area contributed by atoms with Crippen molar-refractivity contribution in [2.24, 2.45) is 10.7 Å². The van der Waals surface area contributed by atoms with Crippen LogP contribution in [-0.2, 0) is 6.54 Å². The van der Waals surface area contributed by atoms with E-state index in [1.54, 1.807) is 31.3 Å². The Hall–Kier alpha value is -2.36. The molecule has 1 unspecified atom stereocenters. The quantitative estimate of drug-likeness (QED) is 0.319. The first-order valence-corrected chi connectivity index (χ1v) is 8.23. The molecular formula is C19H24FIN4O2. The number of nitrogens with two attached hydrogens (primary N) is 1. The number of carbonyl (C=O) groups is 1. The van der Waals surface area contributed by atoms with Crippen LogP contribution in [0.25, 0.3) is 0 Å². The third-order valence-corrected chi connectivity index (χ3v) is 3.61. The number of nitrogens with one attached hydrogen (secondary N) is 2. The molecule has 6 nitrogen and oxygen atoms in total. The number of ether oxygens (including phenoxy) is 1. The Balaban J connectivity index is 0.00000364. The topological polar surface area (TPSA) is 88.7 Å². The number of hydrogen-bond donors (Lipinski definition) is 3. The van der Waals surface area contributed by atoms with Gasteiger partial charge in [0.25, 0.3) is 0 Å². The minimum atomic E-state index is -0.450. The summed E-state index contributed by atoms with van der Waals surface area (Å²) in [5.41, 5.74) is 6.68. The van der Waals surface area contributed by atoms with Crippen LogP contribution in [0.3, 0.4) is 0 Å². The number of amides is 1. The Morgan fingerprint density at radius 2 is 1.93 bits per heavy atom. The summed E-state index contributed by atoms with van der Waals surface area (Å²) < 4.78 is 18.8. The fraction of sp³-hybridized carbons (Fsp3) is 0.263. The molecule has 0 aliphatic rings. The Bertz CT molecular complexity index is 769. The van der Waals surface area contributed by atoms with E-state index in [1.165, 1.54) is 12.1 Å². The SMILES string of the molecule is CN=C(NCc1ccc(C(N)=O)cc1)NCC(C)Oc1cccc(F)c1.I. The zero-order valence-electron chi connectivity index (χ0n) is 15.2. The first-order chi connectivity index (χ1) is 12.5. The lowest BCUT2D eigenvalue weighted by molar-refractivity contribution is 0.100. The molecule has 1 atom stereocenters. The summed E-state index contributed by atoms with van der Waals surface area (Å²) in [4.78, 5) is 15.2. The lowest BCUT2D eigenvalue weighted by Crippen LogP contribution is -2.41. The summed E-state index contributed by atoms with van der Waals surface area (Å²) in [5, 5.41) is 6.32. The number of nitrogens with zero attached hydrogens (tertiary/aromatic N) is 1. The molecule has 4 N–H and O–H groups in total. The summed E-state index contributed by atoms with van der Waals surface area (Å²) in [6, 6.07) is 13.1. The van der Waals surface area contributed by atoms with Crippen LogP contribution in [0.1, 0.15) is 22.8 Å². The predicted molar refractivity (Wildman–Crippen MR) is 115 cm³/mol. The zero-order chi connectivity index (χ0) is 18.9. The van der Waals surface area contributed by atoms with Crippen LogP contribution in [-0.4, -0.2) is 31.6 Å². The van der Waals surface area contributed by atoms with E-state index in [0.717, 1.165) is 5.56 Å². The summed E-state index contributed by atoms with van der Waals surface area (Å²) in [7, 11) is 1.67. The summed E-state index contributed by atoms with van der Waals surface area (Å²) in [6.45, 7) is 2.92. The molecule has 0 saturated carbocycles. The lowest BCUT2D eigenvalue weighted by atomic mass is 10.1. The molecule has 0 aliphatic carbocycles. The van der Waals surface area contributed by atoms with Gasteiger partial charge in [0, 0.05) is 25.2 Å². The average Bonchev–Trinajstić information content (AvgIpc) is 2.62. The van der Waals surface area contributed by atoms with Crippen molar-refractivity contribution in [2.45, 2.75) is 19.6 Å². The lowest BCUT2D eigenvalue weighted by Gasteiger charge is -2.18. The number of halogens is 2. The fourth-order valence-electron chi connectivity index (χ4n) is 2.25. The number of guanidine groups is 1. The maximum Gasteiger partial charge on any atom is 0.248 e. The molecule has 2 aromatic rings. The highest BCUT2D eigenvalue weighted by Crippen LogP contribution is 2.13. The average molecular weight is 486 g/mol. The Morgan fingerprint density at radius 1 is 1.22 bits per heavy atom. The van der Waals surface area contributed by atoms with Crippen LogP contribution in [0, 0.1) is 5.82 Å². The van der Waals surface area contributed by atoms with Crippen LogP contribution in [0.15, 0.2) is 53.5 Å². The van der Waals surface area contributed by atoms with E-state index in [4.69, 9.17) is 10.5 Å². The third kappa shape index (κ3) is 7.81. The van der Waals surface area contributed by atoms with E-state index >= 15 is 0 Å². The molecule has 0 heterocycles. The van der Waals surface area contributed by atoms with Crippen molar-refractivity contribution in [1.82, 2.24) is 10.6 Å². The van der Waals surface area contributed by atoms with Crippen LogP contribution >= 0.6 is 24.0 Å². The van der Waals surface area contributed by atoms with Gasteiger partial charge in [0.2, 0.25) is 5.91 Å². The van der Waals surface area contributed by atoms with Gasteiger partial charge in [-0.25, -0.2) is 4.39 Å². The van der Waals surface area contributed by atoms with E-state index in [2.05, 4.69) is 15.6 Å². The number of hydrogen-bond acceptors (Lipinski definition) is 3. The van der Waals surface area contributed by atoms with Crippen molar-refractivity contribution in [3.05, 3.63) is 65.5 Å². The first-order valence-electron chi connectivity index (χ1n) is 8.23. The second-order valence-corrected chi connectivity index (χ2v) is 5.75. The van der Waals surface area contributed by atoms with Crippen molar-refractivity contribution >= 4 is 35.8 Å². The number of rotatable bonds is 7. The first kappa shape index (κ1) is 22.7. The molecule has 1 amide bonds. The number of carbonyl (C=O) groups excluding carboxylic acids is 1. The minimum Gasteiger partial charge on any atom is -0.489 e. The molecule has 2 aromatic carbocycles. The highest BCUT2D eigenvalue weighted by Gasteiger charge is 2.07. The van der Waals surface area contributed by atoms with E-state index in [-0.39, 0.29) is 35.9 Å². The molecule has 27 heavy (non-hydrogen) atoms. The van der Waals surface area contributed by atoms with Crippen molar-refractivity contribution in [1.29, 1.82) is 0 Å². The second kappa shape index (κ2) is 11.4. The van der Waals surface area contributed by atoms with Gasteiger partial charge in [0.05, 0.1) is 6.54 Å². The maximum absolute atomic E-state index is 13.2. The van der Waals surface area contributed by atoms with E-state index in [1.807, 2.05) is 19.1 Å². The molecule has 2 rings (SSSR count). The molecule has 0 fully saturated rings. The highest BCUT2D eigenvalue weighted by molar-refractivity contribution is 14.0. The highest BCUT2D eigenvalue weighted by atomic mass is 127. The van der Waals surface area contributed by atoms with Gasteiger partial charge in [-0.2, -0.15) is 0 Å². The zero-order valence-corrected chi connectivity index (χ0v) is 17.6. The maximum atomic E-state index is 13.2. The van der Waals surface area contributed by atoms with Gasteiger partial charge in [0.1, 0.15) is 17.7 Å². The van der Waals surface area contributed by atoms with Gasteiger partial charge in [-0.15, -0.1) is 24.0 Å². The smallest absolute Gasteiger partial charge is 0.248 e. The molecule has 0 saturated heterocycles. The van der Waals surface area contributed by atoms with Crippen molar-refractivity contribution in [3.8, 4) is 5.75 Å². The van der Waals surface area contributed by atoms with Crippen LogP contribution in [0.5, 0.6) is 5.75 Å². The molecule has 8 heteroatoms. The Kier molecular flexibility index (Phi) is 9.55. The normalized spacial score (nSPS) is 11.9. The van der Waals surface area contributed by atoms with Gasteiger partial charge in [-0.05, 0) is 36.8 Å². The van der Waals surface area contributed by atoms with Crippen LogP contribution in [0.2, 0.25) is 0 Å². The fourth-order valence-corrected chi connectivity index (χ4v) is 2.25. The van der Waals surface area contributed by atoms with E-state index in [0.29, 0.717) is 30.4 Å². The molecule has 0 spiro atoms. The van der Waals surface area contributed by atoms with E-state index < -0.39 is 5.91 Å². The molecule has 146 valence electrons. The molecular weight excluding hydrogens is 462 g/mol. The second-order valence-electron chi connectivity index (χ2n) is 5.75. The minimum absolute atomic E-state index is 0. The van der Waals surface area contributed by atoms with Gasteiger partial charge in [-0.1, -0.05) is 18.2 Å². The number of aliphatic imine (C=N–C) groups is 1. The Morgan fingerprint density at radius 3 is 2.52 bits per heavy atom. The number of primary amides is 1. The monoisotopic (exact) mass is 486 g/mol. The molecule has 0 radical (unpaired) electrons. The Labute approximate surface area is 175 Å². The largest absolute Gasteiger partial charge is 0.489 e. The molecule has 0 aliphatic heterocycles. The standard InChI is InChI=1S/C19H23FN4O2.HI/c1-13(26-17-5-3-4-16(20)10-17)11-23-19(22-2)24-12-14-6-8-15(9-7-14)18(21)25;/h3-10,13H,11-12H2,1-2H3,(H2,21,25)(H2,22,23,24);1H. The van der Waals surface area contributed by atoms with Crippen molar-refractivity contribution in [2.75, 3.05) is 13.6 Å². The predicted octanol–water partition coefficient (Wildman–Crippen LogP) is 2.68. The summed E-state index contributed by atoms with van der Waals surface area (Å²) in [6.07, 6.45) is -0.176. The molecule has 0 aromatic heterocycles. The van der Waals surface area contributed by atoms with Crippen molar-refractivity contribution in [3.63, 3.8) is 0 Å². The van der Waals surface area contributed by atoms with Gasteiger partial charge in [-0.3, -0.25) is 9.79 Å². The summed E-state index contributed by atoms with van der Waals surface area (Å²) >= 11 is 0. The van der Waals surface area contributed by atoms with Crippen molar-refractivity contribution < 1.29 is 13.9 Å². The van der Waals surface area contributed by atoms with Gasteiger partial charge >= 0.3 is 0 Å². The van der Waals surface area contributed by atoms with Crippen LogP contribution < -0.4 is 21.1 Å². The van der Waals surface area contributed by atoms with E-state index in [9.17, 15) is 9.18 Å². The molecule has 0 bridgehead atoms.